The standard InChI is InChI=1S/C20H20F3IN2O3S/c1-13-12-25(19(27)17-11-16(30(2,28)29)7-8-18(17)24)9-10-26(13)15-5-3-14(4-6-15)20(21,22)23/h3-8,11,13H,9-10,12H2,1-2H3. The van der Waals surface area contributed by atoms with E-state index >= 15 is 0 Å². The van der Waals surface area contributed by atoms with Gasteiger partial charge in [0.15, 0.2) is 9.84 Å². The van der Waals surface area contributed by atoms with Gasteiger partial charge in [0.1, 0.15) is 0 Å². The Bertz CT molecular complexity index is 1060. The molecule has 0 saturated carbocycles. The lowest BCUT2D eigenvalue weighted by Gasteiger charge is -2.41. The molecule has 5 nitrogen and oxygen atoms in total. The Hall–Kier alpha value is -1.82. The maximum atomic E-state index is 13.0. The number of piperazine rings is 1. The number of benzene rings is 2. The molecular weight excluding hydrogens is 532 g/mol. The van der Waals surface area contributed by atoms with E-state index in [1.807, 2.05) is 34.4 Å². The number of amides is 1. The van der Waals surface area contributed by atoms with Gasteiger partial charge in [0.2, 0.25) is 0 Å². The molecule has 3 rings (SSSR count). The van der Waals surface area contributed by atoms with Gasteiger partial charge >= 0.3 is 6.18 Å². The van der Waals surface area contributed by atoms with E-state index in [9.17, 15) is 26.4 Å². The second kappa shape index (κ2) is 8.37. The minimum absolute atomic E-state index is 0.0858. The molecule has 1 amide bonds. The number of nitrogens with zero attached hydrogens (tertiary/aromatic N) is 2. The van der Waals surface area contributed by atoms with Crippen molar-refractivity contribution in [2.45, 2.75) is 24.0 Å². The van der Waals surface area contributed by atoms with E-state index in [0.717, 1.165) is 18.4 Å². The zero-order valence-corrected chi connectivity index (χ0v) is 19.3. The molecule has 30 heavy (non-hydrogen) atoms. The molecule has 0 aromatic heterocycles. The normalized spacial score (nSPS) is 17.9. The molecule has 1 unspecified atom stereocenters. The summed E-state index contributed by atoms with van der Waals surface area (Å²) in [6.07, 6.45) is -3.29. The van der Waals surface area contributed by atoms with Gasteiger partial charge in [-0.05, 0) is 72.0 Å². The Morgan fingerprint density at radius 2 is 1.73 bits per heavy atom. The molecule has 2 aromatic rings. The number of anilines is 1. The van der Waals surface area contributed by atoms with Crippen molar-refractivity contribution in [1.29, 1.82) is 0 Å². The highest BCUT2D eigenvalue weighted by atomic mass is 127. The molecule has 1 heterocycles. The second-order valence-electron chi connectivity index (χ2n) is 7.25. The van der Waals surface area contributed by atoms with Crippen LogP contribution in [0, 0.1) is 3.57 Å². The Morgan fingerprint density at radius 1 is 1.10 bits per heavy atom. The molecule has 0 bridgehead atoms. The van der Waals surface area contributed by atoms with E-state index in [0.29, 0.717) is 34.5 Å². The fraction of sp³-hybridized carbons (Fsp3) is 0.350. The first-order valence-electron chi connectivity index (χ1n) is 9.10. The van der Waals surface area contributed by atoms with Gasteiger partial charge in [-0.15, -0.1) is 0 Å². The molecule has 1 aliphatic heterocycles. The summed E-state index contributed by atoms with van der Waals surface area (Å²) in [5.74, 6) is -0.260. The van der Waals surface area contributed by atoms with Crippen LogP contribution in [0.1, 0.15) is 22.8 Å². The van der Waals surface area contributed by atoms with Crippen LogP contribution in [-0.2, 0) is 16.0 Å². The van der Waals surface area contributed by atoms with E-state index in [1.54, 1.807) is 11.0 Å². The summed E-state index contributed by atoms with van der Waals surface area (Å²) >= 11 is 2.00. The summed E-state index contributed by atoms with van der Waals surface area (Å²) in [4.78, 5) is 16.7. The topological polar surface area (TPSA) is 57.7 Å². The first-order valence-corrected chi connectivity index (χ1v) is 12.1. The third-order valence-corrected chi connectivity index (χ3v) is 7.09. The third kappa shape index (κ3) is 4.90. The lowest BCUT2D eigenvalue weighted by Crippen LogP contribution is -2.53. The minimum Gasteiger partial charge on any atom is -0.365 e. The molecule has 2 aromatic carbocycles. The van der Waals surface area contributed by atoms with Gasteiger partial charge in [0.05, 0.1) is 16.0 Å². The van der Waals surface area contributed by atoms with Crippen LogP contribution in [-0.4, -0.2) is 51.2 Å². The van der Waals surface area contributed by atoms with Crippen molar-refractivity contribution in [3.63, 3.8) is 0 Å². The molecule has 0 aliphatic carbocycles. The van der Waals surface area contributed by atoms with Gasteiger partial charge in [-0.25, -0.2) is 8.42 Å². The molecule has 162 valence electrons. The van der Waals surface area contributed by atoms with Crippen LogP contribution < -0.4 is 4.90 Å². The van der Waals surface area contributed by atoms with Gasteiger partial charge in [-0.1, -0.05) is 0 Å². The molecule has 0 spiro atoms. The van der Waals surface area contributed by atoms with Crippen molar-refractivity contribution in [3.8, 4) is 0 Å². The maximum Gasteiger partial charge on any atom is 0.416 e. The quantitative estimate of drug-likeness (QED) is 0.540. The number of halogens is 4. The summed E-state index contributed by atoms with van der Waals surface area (Å²) in [7, 11) is -3.44. The minimum atomic E-state index is -4.38. The highest BCUT2D eigenvalue weighted by Gasteiger charge is 2.32. The Balaban J connectivity index is 1.76. The summed E-state index contributed by atoms with van der Waals surface area (Å²) in [5.41, 5.74) is 0.290. The number of carbonyl (C=O) groups is 1. The highest BCUT2D eigenvalue weighted by Crippen LogP contribution is 2.31. The number of rotatable bonds is 3. The van der Waals surface area contributed by atoms with Crippen LogP contribution in [0.4, 0.5) is 18.9 Å². The number of alkyl halides is 3. The Kier molecular flexibility index (Phi) is 6.38. The van der Waals surface area contributed by atoms with Crippen molar-refractivity contribution in [1.82, 2.24) is 4.90 Å². The van der Waals surface area contributed by atoms with E-state index in [2.05, 4.69) is 0 Å². The van der Waals surface area contributed by atoms with E-state index in [-0.39, 0.29) is 16.8 Å². The average molecular weight is 552 g/mol. The smallest absolute Gasteiger partial charge is 0.365 e. The molecular formula is C20H20F3IN2O3S. The first kappa shape index (κ1) is 22.9. The van der Waals surface area contributed by atoms with Crippen LogP contribution in [0.3, 0.4) is 0 Å². The van der Waals surface area contributed by atoms with Crippen LogP contribution in [0.5, 0.6) is 0 Å². The SMILES string of the molecule is CC1CN(C(=O)c2cc(S(C)(=O)=O)ccc2I)CCN1c1ccc(C(F)(F)F)cc1. The van der Waals surface area contributed by atoms with Crippen molar-refractivity contribution >= 4 is 44.0 Å². The number of carbonyl (C=O) groups excluding carboxylic acids is 1. The number of hydrogen-bond acceptors (Lipinski definition) is 4. The van der Waals surface area contributed by atoms with Crippen LogP contribution in [0.2, 0.25) is 0 Å². The molecule has 1 fully saturated rings. The molecule has 10 heteroatoms. The highest BCUT2D eigenvalue weighted by molar-refractivity contribution is 14.1. The first-order chi connectivity index (χ1) is 13.9. The largest absolute Gasteiger partial charge is 0.416 e. The molecule has 1 aliphatic rings. The van der Waals surface area contributed by atoms with Crippen LogP contribution in [0.15, 0.2) is 47.4 Å². The zero-order valence-electron chi connectivity index (χ0n) is 16.3. The molecule has 0 radical (unpaired) electrons. The lowest BCUT2D eigenvalue weighted by atomic mass is 10.1. The Labute approximate surface area is 186 Å². The van der Waals surface area contributed by atoms with E-state index in [4.69, 9.17) is 0 Å². The van der Waals surface area contributed by atoms with E-state index < -0.39 is 21.6 Å². The summed E-state index contributed by atoms with van der Waals surface area (Å²) in [5, 5.41) is 0. The summed E-state index contributed by atoms with van der Waals surface area (Å²) in [6, 6.07) is 9.34. The molecule has 1 saturated heterocycles. The predicted molar refractivity (Wildman–Crippen MR) is 116 cm³/mol. The van der Waals surface area contributed by atoms with Crippen LogP contribution in [0.25, 0.3) is 0 Å². The van der Waals surface area contributed by atoms with Crippen molar-refractivity contribution < 1.29 is 26.4 Å². The monoisotopic (exact) mass is 552 g/mol. The second-order valence-corrected chi connectivity index (χ2v) is 10.4. The Morgan fingerprint density at radius 3 is 2.27 bits per heavy atom. The lowest BCUT2D eigenvalue weighted by molar-refractivity contribution is -0.137. The van der Waals surface area contributed by atoms with Gasteiger partial charge in [-0.3, -0.25) is 4.79 Å². The number of sulfone groups is 1. The van der Waals surface area contributed by atoms with Gasteiger partial charge in [0, 0.05) is 41.2 Å². The fourth-order valence-corrected chi connectivity index (χ4v) is 4.65. The maximum absolute atomic E-state index is 13.0. The van der Waals surface area contributed by atoms with Gasteiger partial charge in [-0.2, -0.15) is 13.2 Å². The molecule has 0 N–H and O–H groups in total. The summed E-state index contributed by atoms with van der Waals surface area (Å²) in [6.45, 7) is 3.11. The van der Waals surface area contributed by atoms with E-state index in [1.165, 1.54) is 24.3 Å². The predicted octanol–water partition coefficient (Wildman–Crippen LogP) is 4.06. The van der Waals surface area contributed by atoms with Crippen molar-refractivity contribution in [3.05, 3.63) is 57.2 Å². The van der Waals surface area contributed by atoms with Crippen LogP contribution >= 0.6 is 22.6 Å². The summed E-state index contributed by atoms with van der Waals surface area (Å²) < 4.78 is 62.6. The third-order valence-electron chi connectivity index (χ3n) is 5.04. The van der Waals surface area contributed by atoms with Crippen molar-refractivity contribution in [2.24, 2.45) is 0 Å². The van der Waals surface area contributed by atoms with Crippen molar-refractivity contribution in [2.75, 3.05) is 30.8 Å². The average Bonchev–Trinajstić information content (AvgIpc) is 2.66. The number of hydrogen-bond donors (Lipinski definition) is 0. The fourth-order valence-electron chi connectivity index (χ4n) is 3.44. The van der Waals surface area contributed by atoms with Gasteiger partial charge < -0.3 is 9.80 Å². The zero-order chi connectivity index (χ0) is 22.3. The van der Waals surface area contributed by atoms with Gasteiger partial charge in [0.25, 0.3) is 5.91 Å². The molecule has 1 atom stereocenters.